The van der Waals surface area contributed by atoms with Crippen molar-refractivity contribution in [1.29, 1.82) is 0 Å². The second-order valence-electron chi connectivity index (χ2n) is 6.26. The Morgan fingerprint density at radius 1 is 0.387 bits per heavy atom. The second-order valence-corrected chi connectivity index (χ2v) is 6.92. The molecule has 0 fully saturated rings. The van der Waals surface area contributed by atoms with Gasteiger partial charge in [-0.1, -0.05) is 159 Å². The number of rotatable bonds is 3. The van der Waals surface area contributed by atoms with E-state index in [1.807, 2.05) is 140 Å². The molecule has 0 aliphatic rings. The molecule has 0 saturated heterocycles. The molecule has 0 aromatic heterocycles. The molecule has 0 amide bonds. The Labute approximate surface area is 190 Å². The number of benzene rings is 4. The first-order chi connectivity index (χ1) is 15.2. The third kappa shape index (κ3) is 13.4. The van der Waals surface area contributed by atoms with Crippen molar-refractivity contribution >= 4 is 32.8 Å². The molecule has 4 aromatic rings. The summed E-state index contributed by atoms with van der Waals surface area (Å²) in [5, 5.41) is 1.24. The molecule has 0 radical (unpaired) electrons. The van der Waals surface area contributed by atoms with Crippen LogP contribution in [0.25, 0.3) is 18.2 Å². The zero-order valence-corrected chi connectivity index (χ0v) is 19.1. The fourth-order valence-electron chi connectivity index (χ4n) is 2.22. The molecule has 1 unspecified atom stereocenters. The highest BCUT2D eigenvalue weighted by Gasteiger charge is 1.77. The molecule has 1 atom stereocenters. The van der Waals surface area contributed by atoms with E-state index in [1.165, 1.54) is 22.0 Å². The van der Waals surface area contributed by atoms with E-state index in [-0.39, 0.29) is 0 Å². The Morgan fingerprint density at radius 2 is 0.613 bits per heavy atom. The molecule has 4 aromatic carbocycles. The molecule has 4 rings (SSSR count). The lowest BCUT2D eigenvalue weighted by molar-refractivity contribution is 1.67. The summed E-state index contributed by atoms with van der Waals surface area (Å²) >= 11 is 0. The summed E-state index contributed by atoms with van der Waals surface area (Å²) in [4.78, 5) is 0. The minimum atomic E-state index is 1.17. The Morgan fingerprint density at radius 3 is 0.742 bits per heavy atom. The monoisotopic (exact) mass is 422 g/mol. The third-order valence-corrected chi connectivity index (χ3v) is 4.29. The summed E-state index contributed by atoms with van der Waals surface area (Å²) in [5.74, 6) is 0. The van der Waals surface area contributed by atoms with Gasteiger partial charge in [0, 0.05) is 0 Å². The minimum absolute atomic E-state index is 1.17. The van der Waals surface area contributed by atoms with E-state index < -0.39 is 0 Å². The fourth-order valence-corrected chi connectivity index (χ4v) is 2.44. The predicted octanol–water partition coefficient (Wildman–Crippen LogP) is 8.18. The molecule has 0 spiro atoms. The lowest BCUT2D eigenvalue weighted by Crippen LogP contribution is -1.82. The highest BCUT2D eigenvalue weighted by atomic mass is 31.0. The van der Waals surface area contributed by atoms with Crippen LogP contribution in [0.4, 0.5) is 0 Å². The van der Waals surface area contributed by atoms with Crippen molar-refractivity contribution in [2.75, 3.05) is 0 Å². The lowest BCUT2D eigenvalue weighted by Gasteiger charge is -1.85. The van der Waals surface area contributed by atoms with Gasteiger partial charge in [0.25, 0.3) is 0 Å². The van der Waals surface area contributed by atoms with Crippen molar-refractivity contribution < 1.29 is 0 Å². The van der Waals surface area contributed by atoms with Crippen LogP contribution >= 0.6 is 9.24 Å². The highest BCUT2D eigenvalue weighted by molar-refractivity contribution is 7.27. The maximum atomic E-state index is 3.63. The van der Waals surface area contributed by atoms with Gasteiger partial charge in [0.2, 0.25) is 0 Å². The van der Waals surface area contributed by atoms with Crippen LogP contribution in [0.15, 0.2) is 141 Å². The van der Waals surface area contributed by atoms with Gasteiger partial charge in [-0.3, -0.25) is 0 Å². The van der Waals surface area contributed by atoms with Crippen LogP contribution in [-0.4, -0.2) is 0 Å². The van der Waals surface area contributed by atoms with Crippen molar-refractivity contribution in [3.63, 3.8) is 0 Å². The van der Waals surface area contributed by atoms with Crippen molar-refractivity contribution in [2.45, 2.75) is 0 Å². The summed E-state index contributed by atoms with van der Waals surface area (Å²) in [6.07, 6.45) is 5.50. The van der Waals surface area contributed by atoms with Crippen molar-refractivity contribution in [2.24, 2.45) is 0 Å². The SMILES string of the molecule is C=Cc1ccccc1.C=Cc1ccccc1.C=Cc1ccccc1.Pc1ccccc1. The highest BCUT2D eigenvalue weighted by Crippen LogP contribution is 1.98. The van der Waals surface area contributed by atoms with E-state index in [2.05, 4.69) is 29.0 Å². The van der Waals surface area contributed by atoms with E-state index in [0.717, 1.165) is 0 Å². The van der Waals surface area contributed by atoms with Crippen LogP contribution in [0.2, 0.25) is 0 Å². The molecule has 156 valence electrons. The molecule has 1 heteroatoms. The van der Waals surface area contributed by atoms with Gasteiger partial charge in [0.05, 0.1) is 0 Å². The zero-order chi connectivity index (χ0) is 22.6. The van der Waals surface area contributed by atoms with Gasteiger partial charge >= 0.3 is 0 Å². The Hall–Kier alpha value is -3.47. The predicted molar refractivity (Wildman–Crippen MR) is 145 cm³/mol. The zero-order valence-electron chi connectivity index (χ0n) is 18.0. The quantitative estimate of drug-likeness (QED) is 0.292. The van der Waals surface area contributed by atoms with Gasteiger partial charge in [-0.05, 0) is 22.0 Å². The van der Waals surface area contributed by atoms with Crippen molar-refractivity contribution in [3.05, 3.63) is 158 Å². The van der Waals surface area contributed by atoms with Gasteiger partial charge in [0.1, 0.15) is 0 Å². The van der Waals surface area contributed by atoms with Crippen LogP contribution in [0.1, 0.15) is 16.7 Å². The third-order valence-electron chi connectivity index (χ3n) is 3.91. The molecule has 0 N–H and O–H groups in total. The average molecular weight is 423 g/mol. The van der Waals surface area contributed by atoms with Crippen LogP contribution in [0.5, 0.6) is 0 Å². The maximum Gasteiger partial charge on any atom is -0.0263 e. The van der Waals surface area contributed by atoms with Crippen LogP contribution in [0.3, 0.4) is 0 Å². The van der Waals surface area contributed by atoms with Gasteiger partial charge in [0.15, 0.2) is 0 Å². The first-order valence-electron chi connectivity index (χ1n) is 10.0. The standard InChI is InChI=1S/3C8H8.C6H7P/c3*1-2-8-6-4-3-5-7-8;7-6-4-2-1-3-5-6/h3*2-7H,1H2;1-5H,7H2. The van der Waals surface area contributed by atoms with Crippen LogP contribution in [-0.2, 0) is 0 Å². The summed E-state index contributed by atoms with van der Waals surface area (Å²) in [6, 6.07) is 40.2. The van der Waals surface area contributed by atoms with Crippen LogP contribution < -0.4 is 5.30 Å². The van der Waals surface area contributed by atoms with Gasteiger partial charge < -0.3 is 0 Å². The van der Waals surface area contributed by atoms with Crippen molar-refractivity contribution in [3.8, 4) is 0 Å². The molecule has 0 aliphatic carbocycles. The van der Waals surface area contributed by atoms with Gasteiger partial charge in [-0.25, -0.2) is 0 Å². The van der Waals surface area contributed by atoms with E-state index in [4.69, 9.17) is 0 Å². The first-order valence-corrected chi connectivity index (χ1v) is 10.6. The summed E-state index contributed by atoms with van der Waals surface area (Å²) in [6.45, 7) is 10.9. The molecule has 31 heavy (non-hydrogen) atoms. The summed E-state index contributed by atoms with van der Waals surface area (Å²) in [5.41, 5.74) is 3.52. The minimum Gasteiger partial charge on any atom is -0.106 e. The van der Waals surface area contributed by atoms with Gasteiger partial charge in [-0.15, -0.1) is 9.24 Å². The largest absolute Gasteiger partial charge is 0.106 e. The molecule has 0 aliphatic heterocycles. The summed E-state index contributed by atoms with van der Waals surface area (Å²) < 4.78 is 0. The average Bonchev–Trinajstić information content (AvgIpc) is 2.87. The maximum absolute atomic E-state index is 3.63. The van der Waals surface area contributed by atoms with E-state index >= 15 is 0 Å². The topological polar surface area (TPSA) is 0 Å². The molecular formula is C30H31P. The first kappa shape index (κ1) is 25.6. The fraction of sp³-hybridized carbons (Fsp3) is 0. The molecule has 0 bridgehead atoms. The smallest absolute Gasteiger partial charge is 0.0263 e. The number of hydrogen-bond donors (Lipinski definition) is 0. The number of hydrogen-bond acceptors (Lipinski definition) is 0. The normalized spacial score (nSPS) is 8.55. The lowest BCUT2D eigenvalue weighted by atomic mass is 10.2. The van der Waals surface area contributed by atoms with E-state index in [1.54, 1.807) is 0 Å². The van der Waals surface area contributed by atoms with Crippen molar-refractivity contribution in [1.82, 2.24) is 0 Å². The molecule has 0 heterocycles. The van der Waals surface area contributed by atoms with E-state index in [0.29, 0.717) is 0 Å². The Kier molecular flexibility index (Phi) is 14.3. The Balaban J connectivity index is 0.000000207. The summed E-state index contributed by atoms with van der Waals surface area (Å²) in [7, 11) is 2.63. The molecule has 0 nitrogen and oxygen atoms in total. The molecular weight excluding hydrogens is 391 g/mol. The van der Waals surface area contributed by atoms with E-state index in [9.17, 15) is 0 Å². The van der Waals surface area contributed by atoms with Gasteiger partial charge in [-0.2, -0.15) is 0 Å². The Bertz CT molecular complexity index is 856. The second kappa shape index (κ2) is 17.4. The van der Waals surface area contributed by atoms with Crippen LogP contribution in [0, 0.1) is 0 Å². The molecule has 0 saturated carbocycles.